The summed E-state index contributed by atoms with van der Waals surface area (Å²) in [4.78, 5) is 4.52. The number of ether oxygens (including phenoxy) is 1. The second kappa shape index (κ2) is 5.15. The van der Waals surface area contributed by atoms with Crippen LogP contribution in [0.1, 0.15) is 18.2 Å². The molecule has 3 heteroatoms. The monoisotopic (exact) mass is 230 g/mol. The average Bonchev–Trinajstić information content (AvgIpc) is 2.30. The predicted molar refractivity (Wildman–Crippen MR) is 70.4 cm³/mol. The van der Waals surface area contributed by atoms with Gasteiger partial charge in [-0.15, -0.1) is 0 Å². The van der Waals surface area contributed by atoms with Gasteiger partial charge in [0.05, 0.1) is 12.1 Å². The highest BCUT2D eigenvalue weighted by Gasteiger charge is 2.05. The summed E-state index contributed by atoms with van der Waals surface area (Å²) in [6, 6.07) is 8.12. The molecule has 0 atom stereocenters. The molecule has 0 spiro atoms. The zero-order chi connectivity index (χ0) is 12.3. The van der Waals surface area contributed by atoms with E-state index in [0.717, 1.165) is 28.8 Å². The molecule has 0 aliphatic rings. The van der Waals surface area contributed by atoms with E-state index >= 15 is 0 Å². The molecule has 1 aromatic carbocycles. The maximum Gasteiger partial charge on any atom is 0.120 e. The molecule has 0 bridgehead atoms. The summed E-state index contributed by atoms with van der Waals surface area (Å²) < 4.78 is 5.52. The van der Waals surface area contributed by atoms with Crippen molar-refractivity contribution in [2.24, 2.45) is 5.73 Å². The Bertz CT molecular complexity index is 523. The van der Waals surface area contributed by atoms with Crippen LogP contribution < -0.4 is 10.5 Å². The first-order valence-corrected chi connectivity index (χ1v) is 5.97. The number of benzene rings is 1. The first-order valence-electron chi connectivity index (χ1n) is 5.97. The molecule has 17 heavy (non-hydrogen) atoms. The molecule has 0 saturated heterocycles. The van der Waals surface area contributed by atoms with Gasteiger partial charge in [-0.25, -0.2) is 0 Å². The summed E-state index contributed by atoms with van der Waals surface area (Å²) in [5.41, 5.74) is 8.94. The number of nitrogens with zero attached hydrogens (tertiary/aromatic N) is 1. The van der Waals surface area contributed by atoms with E-state index in [2.05, 4.69) is 17.1 Å². The Labute approximate surface area is 102 Å². The molecule has 0 aliphatic carbocycles. The third-order valence-electron chi connectivity index (χ3n) is 2.72. The average molecular weight is 230 g/mol. The zero-order valence-electron chi connectivity index (χ0n) is 10.4. The summed E-state index contributed by atoms with van der Waals surface area (Å²) in [5.74, 6) is 0.893. The second-order valence-electron chi connectivity index (χ2n) is 4.07. The molecule has 2 aromatic rings. The van der Waals surface area contributed by atoms with Crippen LogP contribution in [-0.4, -0.2) is 18.1 Å². The molecule has 0 amide bonds. The molecule has 0 aliphatic heterocycles. The van der Waals surface area contributed by atoms with Crippen molar-refractivity contribution in [2.75, 3.05) is 13.2 Å². The van der Waals surface area contributed by atoms with Crippen molar-refractivity contribution in [1.29, 1.82) is 0 Å². The van der Waals surface area contributed by atoms with E-state index in [1.807, 2.05) is 26.0 Å². The Morgan fingerprint density at radius 2 is 2.12 bits per heavy atom. The standard InChI is InChI=1S/C14H18N2O/c1-3-17-12-4-5-14-13(9-12)11(6-7-15)8-10(2)16-14/h4-5,8-9H,3,6-7,15H2,1-2H3. The van der Waals surface area contributed by atoms with Crippen molar-refractivity contribution in [3.05, 3.63) is 35.5 Å². The first kappa shape index (κ1) is 11.9. The van der Waals surface area contributed by atoms with E-state index in [-0.39, 0.29) is 0 Å². The van der Waals surface area contributed by atoms with Crippen LogP contribution in [-0.2, 0) is 6.42 Å². The van der Waals surface area contributed by atoms with Crippen LogP contribution in [0.25, 0.3) is 10.9 Å². The number of fused-ring (bicyclic) bond motifs is 1. The summed E-state index contributed by atoms with van der Waals surface area (Å²) in [6.07, 6.45) is 0.870. The van der Waals surface area contributed by atoms with Gasteiger partial charge >= 0.3 is 0 Å². The van der Waals surface area contributed by atoms with E-state index in [1.165, 1.54) is 5.56 Å². The summed E-state index contributed by atoms with van der Waals surface area (Å²) in [7, 11) is 0. The third-order valence-corrected chi connectivity index (χ3v) is 2.72. The smallest absolute Gasteiger partial charge is 0.120 e. The zero-order valence-corrected chi connectivity index (χ0v) is 10.4. The van der Waals surface area contributed by atoms with Gasteiger partial charge in [0, 0.05) is 11.1 Å². The van der Waals surface area contributed by atoms with Crippen LogP contribution in [0, 0.1) is 6.92 Å². The van der Waals surface area contributed by atoms with Crippen molar-refractivity contribution >= 4 is 10.9 Å². The van der Waals surface area contributed by atoms with E-state index < -0.39 is 0 Å². The molecule has 0 fully saturated rings. The highest BCUT2D eigenvalue weighted by Crippen LogP contribution is 2.24. The highest BCUT2D eigenvalue weighted by molar-refractivity contribution is 5.84. The van der Waals surface area contributed by atoms with Gasteiger partial charge in [0.2, 0.25) is 0 Å². The second-order valence-corrected chi connectivity index (χ2v) is 4.07. The Hall–Kier alpha value is -1.61. The molecular formula is C14H18N2O. The van der Waals surface area contributed by atoms with Crippen molar-refractivity contribution in [3.8, 4) is 5.75 Å². The molecule has 2 rings (SSSR count). The van der Waals surface area contributed by atoms with Crippen molar-refractivity contribution in [3.63, 3.8) is 0 Å². The fourth-order valence-electron chi connectivity index (χ4n) is 2.04. The number of aryl methyl sites for hydroxylation is 1. The Kier molecular flexibility index (Phi) is 3.59. The SMILES string of the molecule is CCOc1ccc2nc(C)cc(CCN)c2c1. The quantitative estimate of drug-likeness (QED) is 0.877. The first-order chi connectivity index (χ1) is 8.24. The topological polar surface area (TPSA) is 48.1 Å². The minimum Gasteiger partial charge on any atom is -0.494 e. The summed E-state index contributed by atoms with van der Waals surface area (Å²) in [5, 5.41) is 1.15. The van der Waals surface area contributed by atoms with Crippen molar-refractivity contribution in [1.82, 2.24) is 4.98 Å². The van der Waals surface area contributed by atoms with Crippen molar-refractivity contribution < 1.29 is 4.74 Å². The molecule has 1 aromatic heterocycles. The number of aromatic nitrogens is 1. The lowest BCUT2D eigenvalue weighted by Gasteiger charge is -2.09. The van der Waals surface area contributed by atoms with Gasteiger partial charge in [0.15, 0.2) is 0 Å². The van der Waals surface area contributed by atoms with E-state index in [9.17, 15) is 0 Å². The lowest BCUT2D eigenvalue weighted by atomic mass is 10.0. The fraction of sp³-hybridized carbons (Fsp3) is 0.357. The number of hydrogen-bond acceptors (Lipinski definition) is 3. The van der Waals surface area contributed by atoms with Gasteiger partial charge in [-0.2, -0.15) is 0 Å². The maximum atomic E-state index is 5.65. The molecular weight excluding hydrogens is 212 g/mol. The van der Waals surface area contributed by atoms with Crippen LogP contribution >= 0.6 is 0 Å². The van der Waals surface area contributed by atoms with Gasteiger partial charge in [0.25, 0.3) is 0 Å². The molecule has 1 heterocycles. The van der Waals surface area contributed by atoms with Crippen LogP contribution in [0.2, 0.25) is 0 Å². The van der Waals surface area contributed by atoms with Gasteiger partial charge in [-0.1, -0.05) is 0 Å². The number of hydrogen-bond donors (Lipinski definition) is 1. The van der Waals surface area contributed by atoms with Crippen LogP contribution in [0.5, 0.6) is 5.75 Å². The minimum absolute atomic E-state index is 0.650. The predicted octanol–water partition coefficient (Wildman–Crippen LogP) is 2.44. The van der Waals surface area contributed by atoms with Crippen LogP contribution in [0.4, 0.5) is 0 Å². The summed E-state index contributed by atoms with van der Waals surface area (Å²) >= 11 is 0. The van der Waals surface area contributed by atoms with Crippen LogP contribution in [0.3, 0.4) is 0 Å². The van der Waals surface area contributed by atoms with E-state index in [1.54, 1.807) is 0 Å². The fourth-order valence-corrected chi connectivity index (χ4v) is 2.04. The Balaban J connectivity index is 2.56. The molecule has 2 N–H and O–H groups in total. The molecule has 0 radical (unpaired) electrons. The largest absolute Gasteiger partial charge is 0.494 e. The maximum absolute atomic E-state index is 5.65. The molecule has 0 unspecified atom stereocenters. The Morgan fingerprint density at radius 1 is 1.29 bits per heavy atom. The molecule has 0 saturated carbocycles. The van der Waals surface area contributed by atoms with Crippen molar-refractivity contribution in [2.45, 2.75) is 20.3 Å². The number of nitrogens with two attached hydrogens (primary N) is 1. The van der Waals surface area contributed by atoms with Gasteiger partial charge < -0.3 is 10.5 Å². The normalized spacial score (nSPS) is 10.8. The highest BCUT2D eigenvalue weighted by atomic mass is 16.5. The van der Waals surface area contributed by atoms with Gasteiger partial charge in [0.1, 0.15) is 5.75 Å². The van der Waals surface area contributed by atoms with Crippen LogP contribution in [0.15, 0.2) is 24.3 Å². The minimum atomic E-state index is 0.650. The van der Waals surface area contributed by atoms with E-state index in [4.69, 9.17) is 10.5 Å². The molecule has 90 valence electrons. The number of pyridine rings is 1. The Morgan fingerprint density at radius 3 is 2.82 bits per heavy atom. The van der Waals surface area contributed by atoms with Gasteiger partial charge in [-0.3, -0.25) is 4.98 Å². The van der Waals surface area contributed by atoms with Gasteiger partial charge in [-0.05, 0) is 56.6 Å². The van der Waals surface area contributed by atoms with E-state index in [0.29, 0.717) is 13.2 Å². The number of rotatable bonds is 4. The third kappa shape index (κ3) is 2.56. The lowest BCUT2D eigenvalue weighted by molar-refractivity contribution is 0.340. The molecule has 3 nitrogen and oxygen atoms in total. The summed E-state index contributed by atoms with van der Waals surface area (Å²) in [6.45, 7) is 5.32. The lowest BCUT2D eigenvalue weighted by Crippen LogP contribution is -2.04.